The van der Waals surface area contributed by atoms with Crippen molar-refractivity contribution >= 4 is 264 Å². The van der Waals surface area contributed by atoms with E-state index in [-0.39, 0.29) is 31.7 Å². The number of carbonyl (C=O) groups excluding carboxylic acids is 1. The third-order valence-corrected chi connectivity index (χ3v) is 25.2. The summed E-state index contributed by atoms with van der Waals surface area (Å²) < 4.78 is 50.6. The maximum absolute atomic E-state index is 11.5. The van der Waals surface area contributed by atoms with Crippen molar-refractivity contribution in [2.45, 2.75) is 65.2 Å². The summed E-state index contributed by atoms with van der Waals surface area (Å²) in [4.78, 5) is 100. The van der Waals surface area contributed by atoms with Gasteiger partial charge < -0.3 is 42.1 Å². The van der Waals surface area contributed by atoms with Crippen molar-refractivity contribution in [3.8, 4) is 0 Å². The summed E-state index contributed by atoms with van der Waals surface area (Å²) in [5.74, 6) is -0.0976. The number of benzene rings is 10. The fourth-order valence-corrected chi connectivity index (χ4v) is 18.7. The van der Waals surface area contributed by atoms with Gasteiger partial charge in [0, 0.05) is 99.0 Å². The number of rotatable bonds is 15. The number of anilines is 11. The molecule has 125 heavy (non-hydrogen) atoms. The number of carboxylic acids is 2. The molecule has 0 unspecified atom stereocenters. The molecule has 39 heteroatoms. The van der Waals surface area contributed by atoms with Crippen molar-refractivity contribution in [1.29, 1.82) is 0 Å². The number of nitrogens with two attached hydrogens (primary N) is 2. The molecule has 0 bridgehead atoms. The smallest absolute Gasteiger partial charge is 0.365 e. The summed E-state index contributed by atoms with van der Waals surface area (Å²) in [6.45, 7) is 15.7. The zero-order valence-corrected chi connectivity index (χ0v) is 72.7. The molecule has 0 aliphatic heterocycles. The Kier molecular flexibility index (Phi) is 23.7. The lowest BCUT2D eigenvalue weighted by atomic mass is 10.1. The summed E-state index contributed by atoms with van der Waals surface area (Å²) in [5.41, 5.74) is 16.7. The standard InChI is InChI=1S/C18H15N5OS.C18H14N4O2S.C18H16N4S.C16H11N5O4S2.C16H13N5O2S2/c1-10(24)20-13-4-3-5-14(8-13)22-18-19-9-12-6-7-15-17(16(12)23-18)21-11(2)25-15;1-9-5-10(2)7-12(6-9)20-18-19-8-11-3-4-13-15(14(11)22-18)21-16(25-13)17(23)24;1-10-6-11(2)8-14(7-10)21-18-19-9-13-4-5-15-17(16(13)22-18)23-12(3)20-15;17-27(24,25)10-3-1-2-9(6-10)19-16-18-7-8-4-5-11-13(12(8)21-16)26-14(20-11)15(22)23;1-9-19-15-13(24-9)6-5-10-8-18-16(21-14(10)15)20-11-3-2-4-12(7-11)25(17,22)23/h3-9H,1-2H3,(H,20,24)(H,19,22,23);3-8H,1-2H3,(H,23,24)(H,19,20,22);4-9H,1-3H3,(H,19,21,22);1-7H,(H,22,23)(H2,17,24,25)(H,18,19,21);2-8H,1H3,(H2,17,22,23)(H,18,20,21). The lowest BCUT2D eigenvalue weighted by Crippen LogP contribution is -2.12. The Morgan fingerprint density at radius 1 is 0.320 bits per heavy atom. The number of nitrogens with zero attached hydrogens (tertiary/aromatic N) is 15. The van der Waals surface area contributed by atoms with Gasteiger partial charge in [-0.2, -0.15) is 0 Å². The van der Waals surface area contributed by atoms with Crippen LogP contribution in [0.4, 0.5) is 63.9 Å². The molecule has 32 nitrogen and oxygen atoms in total. The largest absolute Gasteiger partial charge is 0.476 e. The molecule has 10 aromatic carbocycles. The molecule has 0 atom stereocenters. The number of primary sulfonamides is 2. The maximum atomic E-state index is 11.5. The molecule has 0 spiro atoms. The first-order chi connectivity index (χ1) is 59.9. The molecular weight excluding hydrogens is 1720 g/mol. The fourth-order valence-electron chi connectivity index (χ4n) is 13.3. The predicted octanol–water partition coefficient (Wildman–Crippen LogP) is 18.7. The Morgan fingerprint density at radius 3 is 1.06 bits per heavy atom. The van der Waals surface area contributed by atoms with Gasteiger partial charge in [-0.25, -0.2) is 111 Å². The van der Waals surface area contributed by atoms with Crippen molar-refractivity contribution < 1.29 is 41.4 Å². The molecule has 0 aliphatic rings. The van der Waals surface area contributed by atoms with E-state index in [0.29, 0.717) is 61.9 Å². The summed E-state index contributed by atoms with van der Waals surface area (Å²) >= 11 is 7.11. The maximum Gasteiger partial charge on any atom is 0.365 e. The molecule has 0 aliphatic carbocycles. The second kappa shape index (κ2) is 35.2. The SMILES string of the molecule is CC(=O)Nc1cccc(Nc2ncc3ccc4sc(C)nc4c3n2)c1.Cc1cc(C)cc(Nc2ncc3ccc4nc(C)sc4c3n2)c1.Cc1cc(C)cc(Nc2ncc3ccc4sc(C(=O)O)nc4c3n2)c1.Cc1nc2c(ccc3cnc(Nc4cccc(S(N)(=O)=O)c4)nc32)s1.NS(=O)(=O)c1cccc(Nc2ncc3ccc4nc(C(=O)O)sc4c3n2)c1. The van der Waals surface area contributed by atoms with Crippen molar-refractivity contribution in [3.05, 3.63) is 248 Å². The second-order valence-electron chi connectivity index (χ2n) is 28.4. The minimum absolute atomic E-state index is 0.0218. The third kappa shape index (κ3) is 19.7. The topological polar surface area (TPSA) is 478 Å². The molecule has 20 rings (SSSR count). The zero-order chi connectivity index (χ0) is 87.7. The Balaban J connectivity index is 0.000000115. The number of aromatic carboxylic acids is 2. The predicted molar refractivity (Wildman–Crippen MR) is 496 cm³/mol. The number of aryl methyl sites for hydroxylation is 7. The van der Waals surface area contributed by atoms with Crippen LogP contribution in [0.1, 0.15) is 63.8 Å². The molecule has 1 amide bonds. The number of nitrogens with one attached hydrogen (secondary N) is 6. The van der Waals surface area contributed by atoms with Crippen LogP contribution in [0.25, 0.3) is 106 Å². The number of carbonyl (C=O) groups is 3. The van der Waals surface area contributed by atoms with E-state index < -0.39 is 32.0 Å². The van der Waals surface area contributed by atoms with E-state index in [1.807, 2.05) is 120 Å². The molecule has 0 saturated heterocycles. The Labute approximate surface area is 730 Å². The highest BCUT2D eigenvalue weighted by Gasteiger charge is 2.20. The molecule has 10 heterocycles. The fraction of sp³-hybridized carbons (Fsp3) is 0.0930. The first kappa shape index (κ1) is 84.2. The molecule has 0 fully saturated rings. The van der Waals surface area contributed by atoms with E-state index in [9.17, 15) is 31.2 Å². The van der Waals surface area contributed by atoms with E-state index >= 15 is 0 Å². The van der Waals surface area contributed by atoms with Gasteiger partial charge in [-0.15, -0.1) is 56.7 Å². The number of sulfonamides is 2. The zero-order valence-electron chi connectivity index (χ0n) is 67.0. The van der Waals surface area contributed by atoms with Crippen LogP contribution < -0.4 is 42.2 Å². The molecule has 12 N–H and O–H groups in total. The number of hydrogen-bond donors (Lipinski definition) is 10. The number of thiazole rings is 5. The van der Waals surface area contributed by atoms with E-state index in [0.717, 1.165) is 150 Å². The van der Waals surface area contributed by atoms with Crippen LogP contribution in [0, 0.1) is 48.5 Å². The van der Waals surface area contributed by atoms with Crippen molar-refractivity contribution in [3.63, 3.8) is 0 Å². The lowest BCUT2D eigenvalue weighted by molar-refractivity contribution is -0.114. The monoisotopic (exact) mass is 1790 g/mol. The van der Waals surface area contributed by atoms with Crippen molar-refractivity contribution in [1.82, 2.24) is 74.8 Å². The minimum Gasteiger partial charge on any atom is -0.476 e. The van der Waals surface area contributed by atoms with Gasteiger partial charge in [0.15, 0.2) is 0 Å². The van der Waals surface area contributed by atoms with Gasteiger partial charge in [0.2, 0.25) is 65.7 Å². The van der Waals surface area contributed by atoms with Crippen LogP contribution >= 0.6 is 56.7 Å². The molecule has 624 valence electrons. The van der Waals surface area contributed by atoms with Crippen molar-refractivity contribution in [2.24, 2.45) is 10.3 Å². The number of fused-ring (bicyclic) bond motifs is 15. The lowest BCUT2D eigenvalue weighted by Gasteiger charge is -2.08. The number of amides is 1. The van der Waals surface area contributed by atoms with Crippen LogP contribution in [0.15, 0.2) is 211 Å². The van der Waals surface area contributed by atoms with Crippen LogP contribution in [0.2, 0.25) is 0 Å². The highest BCUT2D eigenvalue weighted by Crippen LogP contribution is 2.36. The summed E-state index contributed by atoms with van der Waals surface area (Å²) in [6.07, 6.45) is 8.67. The highest BCUT2D eigenvalue weighted by molar-refractivity contribution is 7.89. The average Bonchev–Trinajstić information content (AvgIpc) is 1.67. The number of hydrogen-bond acceptors (Lipinski definition) is 32. The number of carboxylic acid groups (broad SMARTS) is 2. The quantitative estimate of drug-likeness (QED) is 0.0456. The second-order valence-corrected chi connectivity index (χ2v) is 37.2. The van der Waals surface area contributed by atoms with Crippen molar-refractivity contribution in [2.75, 3.05) is 31.9 Å². The third-order valence-electron chi connectivity index (χ3n) is 18.5. The normalized spacial score (nSPS) is 11.4. The van der Waals surface area contributed by atoms with Gasteiger partial charge in [0.1, 0.15) is 33.1 Å². The Morgan fingerprint density at radius 2 is 0.648 bits per heavy atom. The van der Waals surface area contributed by atoms with Gasteiger partial charge in [0.25, 0.3) is 0 Å². The van der Waals surface area contributed by atoms with Crippen LogP contribution in [-0.4, -0.2) is 120 Å². The molecule has 0 radical (unpaired) electrons. The van der Waals surface area contributed by atoms with Gasteiger partial charge in [-0.05, 0) is 210 Å². The molecule has 0 saturated carbocycles. The Hall–Kier alpha value is -14.4. The van der Waals surface area contributed by atoms with Gasteiger partial charge in [-0.3, -0.25) is 4.79 Å². The summed E-state index contributed by atoms with van der Waals surface area (Å²) in [5, 5.41) is 54.5. The van der Waals surface area contributed by atoms with E-state index in [4.69, 9.17) is 25.5 Å². The van der Waals surface area contributed by atoms with Crippen LogP contribution in [-0.2, 0) is 24.8 Å². The molecule has 20 aromatic rings. The average molecular weight is 1790 g/mol. The number of aromatic nitrogens is 15. The van der Waals surface area contributed by atoms with Gasteiger partial charge >= 0.3 is 11.9 Å². The van der Waals surface area contributed by atoms with E-state index in [2.05, 4.69) is 146 Å². The minimum atomic E-state index is -3.83. The van der Waals surface area contributed by atoms with Crippen LogP contribution in [0.3, 0.4) is 0 Å². The Bertz CT molecular complexity index is 7930. The molecule has 10 aromatic heterocycles. The van der Waals surface area contributed by atoms with Gasteiger partial charge in [-0.1, -0.05) is 30.3 Å². The van der Waals surface area contributed by atoms with Gasteiger partial charge in [0.05, 0.1) is 70.4 Å². The van der Waals surface area contributed by atoms with E-state index in [1.165, 1.54) is 42.3 Å². The summed E-state index contributed by atoms with van der Waals surface area (Å²) in [7, 11) is -7.60. The highest BCUT2D eigenvalue weighted by atomic mass is 32.2. The first-order valence-corrected chi connectivity index (χ1v) is 44.9. The van der Waals surface area contributed by atoms with Crippen LogP contribution in [0.5, 0.6) is 0 Å². The molecular formula is C86H69N23O9S7. The van der Waals surface area contributed by atoms with E-state index in [1.54, 1.807) is 95.2 Å². The summed E-state index contributed by atoms with van der Waals surface area (Å²) in [6, 6.07) is 51.3. The first-order valence-electron chi connectivity index (χ1n) is 37.7.